The van der Waals surface area contributed by atoms with Gasteiger partial charge in [-0.05, 0) is 24.3 Å². The minimum Gasteiger partial charge on any atom is -0.268 e. The molecule has 0 atom stereocenters. The zero-order chi connectivity index (χ0) is 11.8. The quantitative estimate of drug-likeness (QED) is 0.686. The van der Waals surface area contributed by atoms with Crippen molar-refractivity contribution in [2.75, 3.05) is 4.90 Å². The maximum Gasteiger partial charge on any atom is 0.267 e. The van der Waals surface area contributed by atoms with E-state index in [9.17, 15) is 9.59 Å². The van der Waals surface area contributed by atoms with Crippen LogP contribution in [0.3, 0.4) is 0 Å². The van der Waals surface area contributed by atoms with Crippen LogP contribution in [-0.4, -0.2) is 22.0 Å². The number of anilines is 1. The van der Waals surface area contributed by atoms with E-state index in [2.05, 4.69) is 10.2 Å². The molecule has 1 aromatic heterocycles. The molecule has 1 aromatic carbocycles. The van der Waals surface area contributed by atoms with Gasteiger partial charge < -0.3 is 0 Å². The third kappa shape index (κ3) is 1.32. The summed E-state index contributed by atoms with van der Waals surface area (Å²) in [6, 6.07) is 9.92. The van der Waals surface area contributed by atoms with Crippen LogP contribution in [0.2, 0.25) is 0 Å². The van der Waals surface area contributed by atoms with Gasteiger partial charge in [-0.1, -0.05) is 12.1 Å². The molecular weight excluding hydrogens is 218 g/mol. The van der Waals surface area contributed by atoms with Crippen molar-refractivity contribution >= 4 is 17.6 Å². The van der Waals surface area contributed by atoms with Crippen LogP contribution in [0.4, 0.5) is 5.82 Å². The Morgan fingerprint density at radius 3 is 2.06 bits per heavy atom. The minimum absolute atomic E-state index is 0.249. The third-order valence-electron chi connectivity index (χ3n) is 2.58. The number of benzene rings is 1. The first-order valence-electron chi connectivity index (χ1n) is 5.04. The van der Waals surface area contributed by atoms with Crippen LogP contribution in [0, 0.1) is 0 Å². The van der Waals surface area contributed by atoms with Crippen LogP contribution in [-0.2, 0) is 0 Å². The molecule has 0 unspecified atom stereocenters. The summed E-state index contributed by atoms with van der Waals surface area (Å²) in [4.78, 5) is 25.1. The van der Waals surface area contributed by atoms with E-state index >= 15 is 0 Å². The first-order chi connectivity index (χ1) is 8.29. The van der Waals surface area contributed by atoms with Crippen LogP contribution in [0.25, 0.3) is 0 Å². The highest BCUT2D eigenvalue weighted by atomic mass is 16.2. The number of carbonyl (C=O) groups is 2. The van der Waals surface area contributed by atoms with Gasteiger partial charge in [-0.25, -0.2) is 4.90 Å². The van der Waals surface area contributed by atoms with Crippen molar-refractivity contribution in [1.29, 1.82) is 0 Å². The lowest BCUT2D eigenvalue weighted by atomic mass is 10.1. The number of rotatable bonds is 1. The second-order valence-electron chi connectivity index (χ2n) is 3.57. The van der Waals surface area contributed by atoms with E-state index in [1.54, 1.807) is 36.4 Å². The van der Waals surface area contributed by atoms with Gasteiger partial charge in [0, 0.05) is 6.20 Å². The second kappa shape index (κ2) is 3.48. The van der Waals surface area contributed by atoms with E-state index in [0.717, 1.165) is 4.90 Å². The Labute approximate surface area is 96.7 Å². The lowest BCUT2D eigenvalue weighted by Gasteiger charge is -2.10. The molecular formula is C12H7N3O2. The minimum atomic E-state index is -0.355. The molecule has 0 radical (unpaired) electrons. The number of carbonyl (C=O) groups excluding carboxylic acids is 2. The molecule has 1 aliphatic heterocycles. The largest absolute Gasteiger partial charge is 0.268 e. The van der Waals surface area contributed by atoms with Crippen LogP contribution in [0.15, 0.2) is 42.6 Å². The van der Waals surface area contributed by atoms with Crippen LogP contribution in [0.1, 0.15) is 20.7 Å². The molecule has 2 aromatic rings. The molecule has 0 bridgehead atoms. The molecule has 0 fully saturated rings. The summed E-state index contributed by atoms with van der Waals surface area (Å²) >= 11 is 0. The van der Waals surface area contributed by atoms with Gasteiger partial charge in [0.1, 0.15) is 0 Å². The van der Waals surface area contributed by atoms with Crippen molar-refractivity contribution in [3.05, 3.63) is 53.7 Å². The van der Waals surface area contributed by atoms with Gasteiger partial charge in [-0.3, -0.25) is 9.59 Å². The predicted octanol–water partition coefficient (Wildman–Crippen LogP) is 1.28. The lowest BCUT2D eigenvalue weighted by Crippen LogP contribution is -2.30. The summed E-state index contributed by atoms with van der Waals surface area (Å²) in [7, 11) is 0. The molecule has 82 valence electrons. The highest BCUT2D eigenvalue weighted by molar-refractivity contribution is 6.34. The summed E-state index contributed by atoms with van der Waals surface area (Å²) in [6.07, 6.45) is 1.49. The number of fused-ring (bicyclic) bond motifs is 1. The number of amides is 2. The lowest BCUT2D eigenvalue weighted by molar-refractivity contribution is 0.0925. The van der Waals surface area contributed by atoms with Gasteiger partial charge in [-0.15, -0.1) is 5.10 Å². The maximum atomic E-state index is 12.0. The van der Waals surface area contributed by atoms with Gasteiger partial charge in [0.25, 0.3) is 11.8 Å². The third-order valence-corrected chi connectivity index (χ3v) is 2.58. The Balaban J connectivity index is 2.13. The number of hydrogen-bond donors (Lipinski definition) is 0. The average molecular weight is 225 g/mol. The van der Waals surface area contributed by atoms with E-state index < -0.39 is 0 Å². The van der Waals surface area contributed by atoms with Gasteiger partial charge in [0.05, 0.1) is 11.1 Å². The monoisotopic (exact) mass is 225 g/mol. The van der Waals surface area contributed by atoms with Crippen LogP contribution < -0.4 is 4.90 Å². The van der Waals surface area contributed by atoms with Gasteiger partial charge in [0.2, 0.25) is 0 Å². The summed E-state index contributed by atoms with van der Waals surface area (Å²) in [5.41, 5.74) is 0.811. The van der Waals surface area contributed by atoms with E-state index in [4.69, 9.17) is 0 Å². The molecule has 5 heteroatoms. The van der Waals surface area contributed by atoms with Crippen molar-refractivity contribution in [2.24, 2.45) is 0 Å². The van der Waals surface area contributed by atoms with Crippen molar-refractivity contribution < 1.29 is 9.59 Å². The van der Waals surface area contributed by atoms with E-state index in [0.29, 0.717) is 11.1 Å². The fraction of sp³-hybridized carbons (Fsp3) is 0. The van der Waals surface area contributed by atoms with Crippen LogP contribution in [0.5, 0.6) is 0 Å². The molecule has 0 N–H and O–H groups in total. The molecule has 0 saturated carbocycles. The standard InChI is InChI=1S/C12H7N3O2/c16-11-8-4-1-2-5-9(8)12(17)15(11)10-6-3-7-13-14-10/h1-7H. The molecule has 3 rings (SSSR count). The SMILES string of the molecule is O=C1c2ccccc2C(=O)N1c1cccnn1. The number of aromatic nitrogens is 2. The summed E-state index contributed by atoms with van der Waals surface area (Å²) in [5, 5.41) is 7.44. The maximum absolute atomic E-state index is 12.0. The molecule has 0 spiro atoms. The highest BCUT2D eigenvalue weighted by Crippen LogP contribution is 2.25. The molecule has 0 aliphatic carbocycles. The molecule has 2 heterocycles. The smallest absolute Gasteiger partial charge is 0.267 e. The van der Waals surface area contributed by atoms with E-state index in [1.807, 2.05) is 0 Å². The van der Waals surface area contributed by atoms with Crippen LogP contribution >= 0.6 is 0 Å². The Kier molecular flexibility index (Phi) is 1.98. The fourth-order valence-corrected chi connectivity index (χ4v) is 1.81. The Morgan fingerprint density at radius 1 is 0.882 bits per heavy atom. The second-order valence-corrected chi connectivity index (χ2v) is 3.57. The predicted molar refractivity (Wildman–Crippen MR) is 59.6 cm³/mol. The number of imide groups is 1. The zero-order valence-corrected chi connectivity index (χ0v) is 8.70. The Hall–Kier alpha value is -2.56. The molecule has 17 heavy (non-hydrogen) atoms. The van der Waals surface area contributed by atoms with Crippen molar-refractivity contribution in [2.45, 2.75) is 0 Å². The van der Waals surface area contributed by atoms with Crippen molar-refractivity contribution in [1.82, 2.24) is 10.2 Å². The summed E-state index contributed by atoms with van der Waals surface area (Å²) < 4.78 is 0. The number of hydrogen-bond acceptors (Lipinski definition) is 4. The molecule has 5 nitrogen and oxygen atoms in total. The topological polar surface area (TPSA) is 63.2 Å². The van der Waals surface area contributed by atoms with Crippen molar-refractivity contribution in [3.63, 3.8) is 0 Å². The summed E-state index contributed by atoms with van der Waals surface area (Å²) in [6.45, 7) is 0. The first kappa shape index (κ1) is 9.65. The highest BCUT2D eigenvalue weighted by Gasteiger charge is 2.37. The van der Waals surface area contributed by atoms with E-state index in [1.165, 1.54) is 6.20 Å². The van der Waals surface area contributed by atoms with Gasteiger partial charge >= 0.3 is 0 Å². The average Bonchev–Trinajstić information content (AvgIpc) is 2.64. The Morgan fingerprint density at radius 2 is 1.53 bits per heavy atom. The molecule has 1 aliphatic rings. The van der Waals surface area contributed by atoms with Gasteiger partial charge in [0.15, 0.2) is 5.82 Å². The summed E-state index contributed by atoms with van der Waals surface area (Å²) in [5.74, 6) is -0.462. The zero-order valence-electron chi connectivity index (χ0n) is 8.70. The first-order valence-corrected chi connectivity index (χ1v) is 5.04. The van der Waals surface area contributed by atoms with Gasteiger partial charge in [-0.2, -0.15) is 5.10 Å². The number of nitrogens with zero attached hydrogens (tertiary/aromatic N) is 3. The normalized spacial score (nSPS) is 14.0. The Bertz CT molecular complexity index is 575. The van der Waals surface area contributed by atoms with E-state index in [-0.39, 0.29) is 17.6 Å². The molecule has 0 saturated heterocycles. The molecule has 2 amide bonds. The fourth-order valence-electron chi connectivity index (χ4n) is 1.81. The van der Waals surface area contributed by atoms with Crippen molar-refractivity contribution in [3.8, 4) is 0 Å².